The molecule has 0 aliphatic rings. The maximum absolute atomic E-state index is 2.36. The molecule has 0 spiro atoms. The summed E-state index contributed by atoms with van der Waals surface area (Å²) in [6.45, 7) is 2.18. The second-order valence-corrected chi connectivity index (χ2v) is 11.6. The predicted molar refractivity (Wildman–Crippen MR) is 142 cm³/mol. The molecule has 3 rings (SSSR count). The van der Waals surface area contributed by atoms with Crippen molar-refractivity contribution in [2.45, 2.75) is 45.4 Å². The summed E-state index contributed by atoms with van der Waals surface area (Å²) in [5, 5.41) is 4.49. The zero-order valence-electron chi connectivity index (χ0n) is 19.2. The minimum Gasteiger partial charge on any atom is -1.00 e. The largest absolute Gasteiger partial charge is 1.00 e. The highest BCUT2D eigenvalue weighted by Gasteiger charge is 2.44. The summed E-state index contributed by atoms with van der Waals surface area (Å²) in [5.74, 6) is 0. The SMILES string of the molecule is CC/C=C\C/C=C\CCCCC[P+](c1ccccc1)(c1ccccc1)c1ccccc1.[I-]. The maximum atomic E-state index is 2.36. The van der Waals surface area contributed by atoms with Crippen LogP contribution < -0.4 is 39.9 Å². The van der Waals surface area contributed by atoms with Crippen LogP contribution >= 0.6 is 7.26 Å². The van der Waals surface area contributed by atoms with Crippen LogP contribution in [0.1, 0.15) is 45.4 Å². The van der Waals surface area contributed by atoms with Gasteiger partial charge in [0.05, 0.1) is 6.16 Å². The van der Waals surface area contributed by atoms with Gasteiger partial charge in [0, 0.05) is 0 Å². The van der Waals surface area contributed by atoms with E-state index in [-0.39, 0.29) is 24.0 Å². The van der Waals surface area contributed by atoms with Crippen molar-refractivity contribution in [2.24, 2.45) is 0 Å². The van der Waals surface area contributed by atoms with Gasteiger partial charge in [0.15, 0.2) is 0 Å². The van der Waals surface area contributed by atoms with Gasteiger partial charge in [-0.3, -0.25) is 0 Å². The topological polar surface area (TPSA) is 0 Å². The average Bonchev–Trinajstić information content (AvgIpc) is 2.84. The Balaban J connectivity index is 0.00000363. The lowest BCUT2D eigenvalue weighted by Gasteiger charge is -2.27. The Morgan fingerprint density at radius 2 is 1.03 bits per heavy atom. The smallest absolute Gasteiger partial charge is 0.112 e. The van der Waals surface area contributed by atoms with E-state index < -0.39 is 7.26 Å². The van der Waals surface area contributed by atoms with Crippen LogP contribution in [-0.4, -0.2) is 6.16 Å². The Hall–Kier alpha value is -1.70. The summed E-state index contributed by atoms with van der Waals surface area (Å²) >= 11 is 0. The number of hydrogen-bond acceptors (Lipinski definition) is 0. The molecule has 0 aliphatic carbocycles. The molecular weight excluding hydrogens is 518 g/mol. The molecule has 0 saturated carbocycles. The minimum atomic E-state index is -1.65. The Labute approximate surface area is 213 Å². The number of unbranched alkanes of at least 4 members (excludes halogenated alkanes) is 3. The first-order valence-corrected chi connectivity index (χ1v) is 13.7. The van der Waals surface area contributed by atoms with E-state index in [1.807, 2.05) is 0 Å². The third-order valence-corrected chi connectivity index (χ3v) is 10.3. The average molecular weight is 554 g/mol. The standard InChI is InChI=1S/C30H36P.HI/c1-2-3-4-5-6-7-8-9-10-20-27-31(28-21-14-11-15-22-28,29-23-16-12-17-24-29)30-25-18-13-19-26-30;/h3-4,6-7,11-19,21-26H,2,5,8-10,20,27H2,1H3;1H/q+1;/p-1/b4-3-,7-6-;. The van der Waals surface area contributed by atoms with Gasteiger partial charge in [-0.2, -0.15) is 0 Å². The summed E-state index contributed by atoms with van der Waals surface area (Å²) < 4.78 is 0. The lowest BCUT2D eigenvalue weighted by atomic mass is 10.2. The first-order valence-electron chi connectivity index (χ1n) is 11.7. The molecule has 0 fully saturated rings. The van der Waals surface area contributed by atoms with Gasteiger partial charge in [0.2, 0.25) is 0 Å². The van der Waals surface area contributed by atoms with Crippen LogP contribution in [0.5, 0.6) is 0 Å². The molecule has 3 aromatic rings. The van der Waals surface area contributed by atoms with Gasteiger partial charge < -0.3 is 24.0 Å². The Morgan fingerprint density at radius 3 is 1.50 bits per heavy atom. The molecule has 32 heavy (non-hydrogen) atoms. The van der Waals surface area contributed by atoms with E-state index in [4.69, 9.17) is 0 Å². The monoisotopic (exact) mass is 554 g/mol. The van der Waals surface area contributed by atoms with Crippen LogP contribution in [0.15, 0.2) is 115 Å². The van der Waals surface area contributed by atoms with Gasteiger partial charge in [0.1, 0.15) is 23.2 Å². The molecule has 0 amide bonds. The zero-order valence-corrected chi connectivity index (χ0v) is 22.3. The van der Waals surface area contributed by atoms with Crippen molar-refractivity contribution in [1.29, 1.82) is 0 Å². The lowest BCUT2D eigenvalue weighted by molar-refractivity contribution is -0.00000619. The van der Waals surface area contributed by atoms with Crippen molar-refractivity contribution < 1.29 is 24.0 Å². The molecule has 0 aliphatic heterocycles. The van der Waals surface area contributed by atoms with E-state index in [9.17, 15) is 0 Å². The van der Waals surface area contributed by atoms with Crippen molar-refractivity contribution in [3.05, 3.63) is 115 Å². The van der Waals surface area contributed by atoms with Gasteiger partial charge in [-0.15, -0.1) is 0 Å². The Bertz CT molecular complexity index is 820. The third kappa shape index (κ3) is 7.42. The molecular formula is C30H36IP. The van der Waals surface area contributed by atoms with E-state index >= 15 is 0 Å². The van der Waals surface area contributed by atoms with Crippen LogP contribution in [-0.2, 0) is 0 Å². The fourth-order valence-corrected chi connectivity index (χ4v) is 8.64. The highest BCUT2D eigenvalue weighted by Crippen LogP contribution is 2.55. The quantitative estimate of drug-likeness (QED) is 0.134. The predicted octanol–water partition coefficient (Wildman–Crippen LogP) is 4.46. The summed E-state index contributed by atoms with van der Waals surface area (Å²) in [5.41, 5.74) is 0. The molecule has 2 heteroatoms. The van der Waals surface area contributed by atoms with E-state index in [1.54, 1.807) is 0 Å². The van der Waals surface area contributed by atoms with Gasteiger partial charge in [0.25, 0.3) is 0 Å². The highest BCUT2D eigenvalue weighted by atomic mass is 127. The lowest BCUT2D eigenvalue weighted by Crippen LogP contribution is -3.00. The number of benzene rings is 3. The van der Waals surface area contributed by atoms with E-state index in [0.29, 0.717) is 0 Å². The molecule has 0 unspecified atom stereocenters. The number of hydrogen-bond donors (Lipinski definition) is 0. The van der Waals surface area contributed by atoms with Gasteiger partial charge >= 0.3 is 0 Å². The molecule has 3 aromatic carbocycles. The van der Waals surface area contributed by atoms with Gasteiger partial charge in [-0.1, -0.05) is 85.8 Å². The van der Waals surface area contributed by atoms with E-state index in [0.717, 1.165) is 12.8 Å². The molecule has 0 radical (unpaired) electrons. The van der Waals surface area contributed by atoms with Crippen molar-refractivity contribution in [2.75, 3.05) is 6.16 Å². The molecule has 0 N–H and O–H groups in total. The Morgan fingerprint density at radius 1 is 0.562 bits per heavy atom. The molecule has 0 aromatic heterocycles. The molecule has 0 heterocycles. The normalized spacial score (nSPS) is 11.7. The number of rotatable bonds is 12. The minimum absolute atomic E-state index is 0. The fourth-order valence-electron chi connectivity index (χ4n) is 4.23. The van der Waals surface area contributed by atoms with Crippen LogP contribution in [0, 0.1) is 0 Å². The number of halogens is 1. The summed E-state index contributed by atoms with van der Waals surface area (Å²) in [7, 11) is -1.65. The zero-order chi connectivity index (χ0) is 21.6. The van der Waals surface area contributed by atoms with Crippen LogP contribution in [0.25, 0.3) is 0 Å². The van der Waals surface area contributed by atoms with E-state index in [1.165, 1.54) is 47.8 Å². The second-order valence-electron chi connectivity index (χ2n) is 7.98. The molecule has 0 saturated heterocycles. The van der Waals surface area contributed by atoms with Crippen molar-refractivity contribution in [3.63, 3.8) is 0 Å². The molecule has 168 valence electrons. The second kappa shape index (κ2) is 15.2. The summed E-state index contributed by atoms with van der Waals surface area (Å²) in [6.07, 6.45) is 17.6. The highest BCUT2D eigenvalue weighted by molar-refractivity contribution is 7.95. The van der Waals surface area contributed by atoms with Gasteiger partial charge in [-0.25, -0.2) is 0 Å². The first kappa shape index (κ1) is 26.6. The molecule has 0 nitrogen and oxygen atoms in total. The van der Waals surface area contributed by atoms with Crippen LogP contribution in [0.3, 0.4) is 0 Å². The van der Waals surface area contributed by atoms with E-state index in [2.05, 4.69) is 122 Å². The fraction of sp³-hybridized carbons (Fsp3) is 0.267. The third-order valence-electron chi connectivity index (χ3n) is 5.80. The first-order chi connectivity index (χ1) is 15.4. The van der Waals surface area contributed by atoms with Crippen molar-refractivity contribution in [1.82, 2.24) is 0 Å². The van der Waals surface area contributed by atoms with Crippen LogP contribution in [0.2, 0.25) is 0 Å². The molecule has 0 atom stereocenters. The van der Waals surface area contributed by atoms with Crippen molar-refractivity contribution >= 4 is 23.2 Å². The Kier molecular flexibility index (Phi) is 12.6. The summed E-state index contributed by atoms with van der Waals surface area (Å²) in [4.78, 5) is 0. The number of allylic oxidation sites excluding steroid dienone is 4. The molecule has 0 bridgehead atoms. The van der Waals surface area contributed by atoms with Crippen molar-refractivity contribution in [3.8, 4) is 0 Å². The summed E-state index contributed by atoms with van der Waals surface area (Å²) in [6, 6.07) is 33.7. The van der Waals surface area contributed by atoms with Gasteiger partial charge in [-0.05, 0) is 74.9 Å². The maximum Gasteiger partial charge on any atom is 0.112 e. The van der Waals surface area contributed by atoms with Crippen LogP contribution in [0.4, 0.5) is 0 Å².